The van der Waals surface area contributed by atoms with Crippen LogP contribution in [0.15, 0.2) is 17.5 Å². The fourth-order valence-corrected chi connectivity index (χ4v) is 4.29. The second-order valence-electron chi connectivity index (χ2n) is 7.23. The van der Waals surface area contributed by atoms with E-state index in [0.29, 0.717) is 13.1 Å². The smallest absolute Gasteiger partial charge is 0.237 e. The molecule has 2 aliphatic heterocycles. The number of carbonyl (C=O) groups is 2. The molecule has 0 saturated carbocycles. The Morgan fingerprint density at radius 2 is 1.85 bits per heavy atom. The summed E-state index contributed by atoms with van der Waals surface area (Å²) in [5.41, 5.74) is 0. The van der Waals surface area contributed by atoms with Gasteiger partial charge in [-0.3, -0.25) is 19.4 Å². The van der Waals surface area contributed by atoms with Crippen LogP contribution in [0.4, 0.5) is 0 Å². The fraction of sp³-hybridized carbons (Fsp3) is 0.684. The minimum atomic E-state index is -0.130. The van der Waals surface area contributed by atoms with Crippen molar-refractivity contribution in [2.24, 2.45) is 0 Å². The molecule has 3 heterocycles. The number of amides is 2. The van der Waals surface area contributed by atoms with Crippen molar-refractivity contribution in [1.29, 1.82) is 0 Å². The van der Waals surface area contributed by atoms with Crippen LogP contribution >= 0.6 is 11.3 Å². The van der Waals surface area contributed by atoms with E-state index in [9.17, 15) is 9.59 Å². The number of hydrogen-bond acceptors (Lipinski definition) is 5. The van der Waals surface area contributed by atoms with Gasteiger partial charge in [-0.1, -0.05) is 6.07 Å². The Bertz CT molecular complexity index is 578. The largest absolute Gasteiger partial charge is 0.350 e. The molecular weight excluding hydrogens is 348 g/mol. The number of piperazine rings is 1. The lowest BCUT2D eigenvalue weighted by molar-refractivity contribution is -0.134. The highest BCUT2D eigenvalue weighted by Crippen LogP contribution is 2.12. The number of likely N-dealkylation sites (tertiary alicyclic amines) is 1. The minimum absolute atomic E-state index is 0.0799. The summed E-state index contributed by atoms with van der Waals surface area (Å²) in [5.74, 6) is 0.344. The van der Waals surface area contributed by atoms with Crippen LogP contribution in [0, 0.1) is 0 Å². The van der Waals surface area contributed by atoms with E-state index in [1.807, 2.05) is 29.3 Å². The van der Waals surface area contributed by atoms with E-state index in [1.165, 1.54) is 11.3 Å². The Kier molecular flexibility index (Phi) is 7.05. The predicted molar refractivity (Wildman–Crippen MR) is 104 cm³/mol. The second-order valence-corrected chi connectivity index (χ2v) is 8.26. The molecule has 2 fully saturated rings. The first-order valence-corrected chi connectivity index (χ1v) is 10.6. The van der Waals surface area contributed by atoms with Gasteiger partial charge in [-0.15, -0.1) is 11.3 Å². The summed E-state index contributed by atoms with van der Waals surface area (Å²) < 4.78 is 0. The topological polar surface area (TPSA) is 55.9 Å². The molecule has 3 rings (SSSR count). The Morgan fingerprint density at radius 3 is 2.50 bits per heavy atom. The molecule has 144 valence electrons. The fourth-order valence-electron chi connectivity index (χ4n) is 3.64. The van der Waals surface area contributed by atoms with Crippen molar-refractivity contribution < 1.29 is 9.59 Å². The second kappa shape index (κ2) is 9.48. The maximum atomic E-state index is 12.4. The molecule has 1 aromatic heterocycles. The van der Waals surface area contributed by atoms with Crippen LogP contribution < -0.4 is 5.32 Å². The Balaban J connectivity index is 1.38. The van der Waals surface area contributed by atoms with Crippen molar-refractivity contribution in [1.82, 2.24) is 20.0 Å². The molecule has 1 N–H and O–H groups in total. The van der Waals surface area contributed by atoms with Crippen LogP contribution in [0.1, 0.15) is 31.1 Å². The molecule has 7 heteroatoms. The van der Waals surface area contributed by atoms with Gasteiger partial charge in [0.15, 0.2) is 0 Å². The first-order chi connectivity index (χ1) is 12.6. The average molecular weight is 379 g/mol. The summed E-state index contributed by atoms with van der Waals surface area (Å²) in [5, 5.41) is 5.05. The van der Waals surface area contributed by atoms with Crippen LogP contribution in [-0.4, -0.2) is 78.4 Å². The molecule has 0 bridgehead atoms. The molecule has 2 aliphatic rings. The van der Waals surface area contributed by atoms with Crippen LogP contribution in [0.2, 0.25) is 0 Å². The molecule has 2 amide bonds. The van der Waals surface area contributed by atoms with Gasteiger partial charge in [-0.25, -0.2) is 0 Å². The van der Waals surface area contributed by atoms with E-state index in [1.54, 1.807) is 11.3 Å². The van der Waals surface area contributed by atoms with Crippen molar-refractivity contribution in [2.75, 3.05) is 45.8 Å². The summed E-state index contributed by atoms with van der Waals surface area (Å²) >= 11 is 1.66. The van der Waals surface area contributed by atoms with Gasteiger partial charge >= 0.3 is 0 Å². The van der Waals surface area contributed by atoms with E-state index in [4.69, 9.17) is 0 Å². The molecule has 0 radical (unpaired) electrons. The first kappa shape index (κ1) is 19.3. The van der Waals surface area contributed by atoms with Crippen LogP contribution in [0.3, 0.4) is 0 Å². The van der Waals surface area contributed by atoms with Gasteiger partial charge in [-0.2, -0.15) is 0 Å². The van der Waals surface area contributed by atoms with Crippen molar-refractivity contribution >= 4 is 23.2 Å². The van der Waals surface area contributed by atoms with Crippen LogP contribution in [0.25, 0.3) is 0 Å². The Morgan fingerprint density at radius 1 is 1.12 bits per heavy atom. The Labute approximate surface area is 160 Å². The van der Waals surface area contributed by atoms with Crippen LogP contribution in [0.5, 0.6) is 0 Å². The lowest BCUT2D eigenvalue weighted by Crippen LogP contribution is -2.55. The van der Waals surface area contributed by atoms with Crippen molar-refractivity contribution in [3.63, 3.8) is 0 Å². The van der Waals surface area contributed by atoms with Crippen molar-refractivity contribution in [3.05, 3.63) is 22.4 Å². The maximum absolute atomic E-state index is 12.4. The summed E-state index contributed by atoms with van der Waals surface area (Å²) in [6, 6.07) is 3.91. The van der Waals surface area contributed by atoms with Gasteiger partial charge in [0.1, 0.15) is 0 Å². The SMILES string of the molecule is C[C@@H](C(=O)NCc1cccs1)N1CCN(CC(=O)N2CCCCC2)CC1. The number of thiophene rings is 1. The zero-order valence-corrected chi connectivity index (χ0v) is 16.5. The highest BCUT2D eigenvalue weighted by molar-refractivity contribution is 7.09. The Hall–Kier alpha value is -1.44. The minimum Gasteiger partial charge on any atom is -0.350 e. The molecule has 0 spiro atoms. The standard InChI is InChI=1S/C19H30N4O2S/c1-16(19(25)20-14-17-6-5-13-26-17)22-11-9-21(10-12-22)15-18(24)23-7-3-2-4-8-23/h5-6,13,16H,2-4,7-12,14-15H2,1H3,(H,20,25)/t16-/m0/s1. The molecule has 2 saturated heterocycles. The lowest BCUT2D eigenvalue weighted by atomic mass is 10.1. The molecule has 0 aliphatic carbocycles. The molecule has 1 aromatic rings. The summed E-state index contributed by atoms with van der Waals surface area (Å²) in [6.45, 7) is 8.29. The van der Waals surface area contributed by atoms with Gasteiger partial charge in [0, 0.05) is 44.1 Å². The monoisotopic (exact) mass is 378 g/mol. The highest BCUT2D eigenvalue weighted by Gasteiger charge is 2.27. The number of hydrogen-bond donors (Lipinski definition) is 1. The highest BCUT2D eigenvalue weighted by atomic mass is 32.1. The quantitative estimate of drug-likeness (QED) is 0.813. The lowest BCUT2D eigenvalue weighted by Gasteiger charge is -2.38. The van der Waals surface area contributed by atoms with Gasteiger partial charge in [0.2, 0.25) is 11.8 Å². The van der Waals surface area contributed by atoms with Gasteiger partial charge in [-0.05, 0) is 37.6 Å². The van der Waals surface area contributed by atoms with E-state index in [-0.39, 0.29) is 17.9 Å². The van der Waals surface area contributed by atoms with E-state index >= 15 is 0 Å². The average Bonchev–Trinajstić information content (AvgIpc) is 3.20. The number of carbonyl (C=O) groups excluding carboxylic acids is 2. The molecular formula is C19H30N4O2S. The zero-order valence-electron chi connectivity index (χ0n) is 15.7. The zero-order chi connectivity index (χ0) is 18.4. The summed E-state index contributed by atoms with van der Waals surface area (Å²) in [4.78, 5) is 32.4. The predicted octanol–water partition coefficient (Wildman–Crippen LogP) is 1.38. The van der Waals surface area contributed by atoms with Gasteiger partial charge in [0.05, 0.1) is 19.1 Å². The summed E-state index contributed by atoms with van der Waals surface area (Å²) in [7, 11) is 0. The molecule has 0 aromatic carbocycles. The third-order valence-electron chi connectivity index (χ3n) is 5.42. The first-order valence-electron chi connectivity index (χ1n) is 9.68. The van der Waals surface area contributed by atoms with Crippen LogP contribution in [-0.2, 0) is 16.1 Å². The van der Waals surface area contributed by atoms with Crippen molar-refractivity contribution in [2.45, 2.75) is 38.8 Å². The third kappa shape index (κ3) is 5.28. The number of rotatable bonds is 6. The third-order valence-corrected chi connectivity index (χ3v) is 6.30. The molecule has 1 atom stereocenters. The van der Waals surface area contributed by atoms with Crippen molar-refractivity contribution in [3.8, 4) is 0 Å². The number of nitrogens with zero attached hydrogens (tertiary/aromatic N) is 3. The van der Waals surface area contributed by atoms with E-state index in [0.717, 1.165) is 52.1 Å². The number of nitrogens with one attached hydrogen (secondary N) is 1. The normalized spacial score (nSPS) is 20.7. The maximum Gasteiger partial charge on any atom is 0.237 e. The molecule has 0 unspecified atom stereocenters. The summed E-state index contributed by atoms with van der Waals surface area (Å²) in [6.07, 6.45) is 3.52. The molecule has 6 nitrogen and oxygen atoms in total. The number of piperidine rings is 1. The van der Waals surface area contributed by atoms with E-state index < -0.39 is 0 Å². The van der Waals surface area contributed by atoms with E-state index in [2.05, 4.69) is 15.1 Å². The van der Waals surface area contributed by atoms with Gasteiger partial charge in [0.25, 0.3) is 0 Å². The van der Waals surface area contributed by atoms with Gasteiger partial charge < -0.3 is 10.2 Å². The molecule has 26 heavy (non-hydrogen) atoms.